The Balaban J connectivity index is 1.72. The first-order valence-electron chi connectivity index (χ1n) is 6.40. The molecule has 0 spiro atoms. The first-order valence-corrected chi connectivity index (χ1v) is 7.28. The van der Waals surface area contributed by atoms with Crippen LogP contribution in [0.1, 0.15) is 0 Å². The van der Waals surface area contributed by atoms with Gasteiger partial charge in [0.1, 0.15) is 29.8 Å². The summed E-state index contributed by atoms with van der Waals surface area (Å²) in [6, 6.07) is -0.472. The minimum atomic E-state index is -1.10. The Hall–Kier alpha value is -0.380. The van der Waals surface area contributed by atoms with Crippen LogP contribution in [-0.4, -0.2) is 88.1 Å². The van der Waals surface area contributed by atoms with Crippen LogP contribution in [0.5, 0.6) is 0 Å². The van der Waals surface area contributed by atoms with Gasteiger partial charge < -0.3 is 29.7 Å². The molecule has 0 aromatic heterocycles. The largest absolute Gasteiger partial charge is 0.394 e. The molecule has 0 amide bonds. The summed E-state index contributed by atoms with van der Waals surface area (Å²) in [5.41, 5.74) is -0.339. The van der Waals surface area contributed by atoms with E-state index in [1.54, 1.807) is 0 Å². The minimum absolute atomic E-state index is 0.311. The fourth-order valence-corrected chi connectivity index (χ4v) is 3.76. The van der Waals surface area contributed by atoms with Gasteiger partial charge in [-0.1, -0.05) is 11.8 Å². The van der Waals surface area contributed by atoms with E-state index < -0.39 is 24.4 Å². The highest BCUT2D eigenvalue weighted by atomic mass is 32.2. The van der Waals surface area contributed by atoms with Crippen LogP contribution in [0.25, 0.3) is 0 Å². The maximum atomic E-state index is 10.1. The van der Waals surface area contributed by atoms with Crippen LogP contribution in [0.15, 0.2) is 4.99 Å². The van der Waals surface area contributed by atoms with Crippen molar-refractivity contribution in [2.45, 2.75) is 29.8 Å². The van der Waals surface area contributed by atoms with Gasteiger partial charge in [0, 0.05) is 13.1 Å². The lowest BCUT2D eigenvalue weighted by atomic mass is 9.99. The summed E-state index contributed by atoms with van der Waals surface area (Å²) in [5, 5.41) is 29.9. The molecule has 3 rings (SSSR count). The summed E-state index contributed by atoms with van der Waals surface area (Å²) in [4.78, 5) is 6.57. The predicted octanol–water partition coefficient (Wildman–Crippen LogP) is -1.77. The van der Waals surface area contributed by atoms with Crippen molar-refractivity contribution in [1.82, 2.24) is 4.90 Å². The average molecular weight is 290 g/mol. The number of fused-ring (bicyclic) bond motifs is 1. The number of aliphatic hydroxyl groups excluding tert-OH is 3. The van der Waals surface area contributed by atoms with Gasteiger partial charge in [-0.2, -0.15) is 0 Å². The van der Waals surface area contributed by atoms with Gasteiger partial charge in [-0.25, -0.2) is 0 Å². The third-order valence-corrected chi connectivity index (χ3v) is 4.81. The molecule has 0 bridgehead atoms. The number of thioether (sulfide) groups is 1. The van der Waals surface area contributed by atoms with Gasteiger partial charge >= 0.3 is 0 Å². The number of nitrogens with zero attached hydrogens (tertiary/aromatic N) is 2. The number of ether oxygens (including phenoxy) is 2. The van der Waals surface area contributed by atoms with Gasteiger partial charge in [-0.05, 0) is 0 Å². The average Bonchev–Trinajstić information content (AvgIpc) is 2.88. The number of aliphatic hydroxyl groups is 3. The fraction of sp³-hybridized carbons (Fsp3) is 0.909. The van der Waals surface area contributed by atoms with Gasteiger partial charge in [-0.15, -0.1) is 0 Å². The molecule has 19 heavy (non-hydrogen) atoms. The summed E-state index contributed by atoms with van der Waals surface area (Å²) >= 11 is 1.44. The Kier molecular flexibility index (Phi) is 3.97. The molecule has 3 aliphatic rings. The molecule has 0 radical (unpaired) electrons. The number of morpholine rings is 1. The number of hydrogen-bond acceptors (Lipinski definition) is 8. The molecule has 0 aliphatic carbocycles. The zero-order valence-corrected chi connectivity index (χ0v) is 11.2. The van der Waals surface area contributed by atoms with E-state index in [0.29, 0.717) is 13.2 Å². The lowest BCUT2D eigenvalue weighted by Gasteiger charge is -2.37. The lowest BCUT2D eigenvalue weighted by molar-refractivity contribution is -0.164. The second kappa shape index (κ2) is 5.55. The molecule has 0 aromatic carbocycles. The molecule has 3 heterocycles. The Morgan fingerprint density at radius 1 is 1.26 bits per heavy atom. The van der Waals surface area contributed by atoms with Crippen molar-refractivity contribution < 1.29 is 24.8 Å². The van der Waals surface area contributed by atoms with Gasteiger partial charge in [0.05, 0.1) is 19.8 Å². The predicted molar refractivity (Wildman–Crippen MR) is 69.0 cm³/mol. The van der Waals surface area contributed by atoms with Crippen molar-refractivity contribution in [3.8, 4) is 0 Å². The molecule has 5 atom stereocenters. The number of amidine groups is 1. The molecule has 8 heteroatoms. The van der Waals surface area contributed by atoms with Crippen molar-refractivity contribution in [2.75, 3.05) is 32.9 Å². The van der Waals surface area contributed by atoms with Gasteiger partial charge in [0.2, 0.25) is 0 Å². The summed E-state index contributed by atoms with van der Waals surface area (Å²) in [6.45, 7) is 2.57. The van der Waals surface area contributed by atoms with E-state index in [9.17, 15) is 10.2 Å². The highest BCUT2D eigenvalue weighted by Gasteiger charge is 2.48. The zero-order valence-electron chi connectivity index (χ0n) is 10.4. The van der Waals surface area contributed by atoms with Gasteiger partial charge in [0.15, 0.2) is 5.17 Å². The van der Waals surface area contributed by atoms with Crippen molar-refractivity contribution in [2.24, 2.45) is 4.99 Å². The Morgan fingerprint density at radius 3 is 2.68 bits per heavy atom. The smallest absolute Gasteiger partial charge is 0.162 e. The maximum absolute atomic E-state index is 10.1. The van der Waals surface area contributed by atoms with Crippen molar-refractivity contribution in [3.05, 3.63) is 0 Å². The second-order valence-corrected chi connectivity index (χ2v) is 5.89. The first kappa shape index (κ1) is 13.6. The van der Waals surface area contributed by atoms with E-state index >= 15 is 0 Å². The van der Waals surface area contributed by atoms with Crippen molar-refractivity contribution in [3.63, 3.8) is 0 Å². The minimum Gasteiger partial charge on any atom is -0.394 e. The third kappa shape index (κ3) is 2.48. The molecule has 2 saturated heterocycles. The van der Waals surface area contributed by atoms with Crippen LogP contribution in [0.3, 0.4) is 0 Å². The normalized spacial score (nSPS) is 43.0. The van der Waals surface area contributed by atoms with Gasteiger partial charge in [-0.3, -0.25) is 4.99 Å². The highest BCUT2D eigenvalue weighted by molar-refractivity contribution is 8.14. The van der Waals surface area contributed by atoms with Gasteiger partial charge in [0.25, 0.3) is 0 Å². The van der Waals surface area contributed by atoms with E-state index in [1.165, 1.54) is 11.8 Å². The molecule has 0 saturated carbocycles. The Labute approximate surface area is 115 Å². The first-order chi connectivity index (χ1) is 9.20. The zero-order chi connectivity index (χ0) is 13.4. The topological polar surface area (TPSA) is 94.8 Å². The van der Waals surface area contributed by atoms with Crippen molar-refractivity contribution >= 4 is 16.9 Å². The van der Waals surface area contributed by atoms with Crippen LogP contribution in [-0.2, 0) is 9.47 Å². The van der Waals surface area contributed by atoms with E-state index in [1.807, 2.05) is 0 Å². The molecule has 0 unspecified atom stereocenters. The molecular formula is C11H18N2O5S. The third-order valence-electron chi connectivity index (χ3n) is 3.61. The summed E-state index contributed by atoms with van der Waals surface area (Å²) in [5.74, 6) is 0. The standard InChI is InChI=1S/C11H18N2O5S/c14-5-6-8(15)9(16)7-10(18-6)19-11(12-7)13-1-3-17-4-2-13/h6-10,14-16H,1-5H2/t6-,7-,8-,9-,10-/m1/s1. The number of hydrogen-bond donors (Lipinski definition) is 3. The number of rotatable bonds is 1. The summed E-state index contributed by atoms with van der Waals surface area (Å²) < 4.78 is 10.9. The van der Waals surface area contributed by atoms with E-state index in [-0.39, 0.29) is 12.0 Å². The van der Waals surface area contributed by atoms with Crippen LogP contribution < -0.4 is 0 Å². The Bertz CT molecular complexity index is 363. The van der Waals surface area contributed by atoms with Crippen LogP contribution in [0.4, 0.5) is 0 Å². The molecule has 108 valence electrons. The molecule has 3 aliphatic heterocycles. The second-order valence-electron chi connectivity index (χ2n) is 4.83. The monoisotopic (exact) mass is 290 g/mol. The SMILES string of the molecule is OC[C@H]1O[C@@H]2SC(N3CCOCC3)=N[C@@H]2[C@@H](O)[C@@H]1O. The quantitative estimate of drug-likeness (QED) is 0.526. The summed E-state index contributed by atoms with van der Waals surface area (Å²) in [7, 11) is 0. The summed E-state index contributed by atoms with van der Waals surface area (Å²) in [6.07, 6.45) is -2.84. The molecular weight excluding hydrogens is 272 g/mol. The molecule has 0 aromatic rings. The molecule has 2 fully saturated rings. The molecule has 7 nitrogen and oxygen atoms in total. The highest BCUT2D eigenvalue weighted by Crippen LogP contribution is 2.37. The van der Waals surface area contributed by atoms with E-state index in [4.69, 9.17) is 14.6 Å². The van der Waals surface area contributed by atoms with E-state index in [2.05, 4.69) is 9.89 Å². The van der Waals surface area contributed by atoms with Crippen LogP contribution in [0, 0.1) is 0 Å². The van der Waals surface area contributed by atoms with Crippen LogP contribution in [0.2, 0.25) is 0 Å². The maximum Gasteiger partial charge on any atom is 0.162 e. The Morgan fingerprint density at radius 2 is 2.00 bits per heavy atom. The van der Waals surface area contributed by atoms with E-state index in [0.717, 1.165) is 18.3 Å². The molecule has 3 N–H and O–H groups in total. The fourth-order valence-electron chi connectivity index (χ4n) is 2.47. The number of aliphatic imine (C=N–C) groups is 1. The van der Waals surface area contributed by atoms with Crippen molar-refractivity contribution in [1.29, 1.82) is 0 Å². The lowest BCUT2D eigenvalue weighted by Crippen LogP contribution is -2.55. The van der Waals surface area contributed by atoms with Crippen LogP contribution >= 0.6 is 11.8 Å².